The summed E-state index contributed by atoms with van der Waals surface area (Å²) >= 11 is 7.37. The molecule has 0 amide bonds. The van der Waals surface area contributed by atoms with Crippen LogP contribution in [0.2, 0.25) is 0 Å². The van der Waals surface area contributed by atoms with Crippen molar-refractivity contribution in [3.05, 3.63) is 114 Å². The number of carbonyl (C=O) groups excluding carboxylic acids is 3. The fraction of sp³-hybridized carbons (Fsp3) is 0.603. The summed E-state index contributed by atoms with van der Waals surface area (Å²) < 4.78 is 24.4. The summed E-state index contributed by atoms with van der Waals surface area (Å²) in [5, 5.41) is 1.99. The first kappa shape index (κ1) is 59.3. The fourth-order valence-corrected chi connectivity index (χ4v) is 10.2. The van der Waals surface area contributed by atoms with E-state index in [-0.39, 0.29) is 29.9 Å². The fourth-order valence-electron chi connectivity index (χ4n) is 9.05. The molecule has 0 saturated heterocycles. The highest BCUT2D eigenvalue weighted by Crippen LogP contribution is 2.40. The number of pyridine rings is 1. The predicted molar refractivity (Wildman–Crippen MR) is 292 cm³/mol. The van der Waals surface area contributed by atoms with Crippen molar-refractivity contribution in [1.82, 2.24) is 21.0 Å². The monoisotopic (exact) mass is 1010 g/mol. The van der Waals surface area contributed by atoms with Gasteiger partial charge in [-0.15, -0.1) is 17.3 Å². The number of hydrogen-bond donors (Lipinski definition) is 2. The van der Waals surface area contributed by atoms with Gasteiger partial charge in [-0.1, -0.05) is 126 Å². The van der Waals surface area contributed by atoms with E-state index in [2.05, 4.69) is 61.0 Å². The van der Waals surface area contributed by atoms with E-state index in [0.717, 1.165) is 98.4 Å². The third-order valence-electron chi connectivity index (χ3n) is 14.0. The van der Waals surface area contributed by atoms with Crippen molar-refractivity contribution in [2.75, 3.05) is 45.3 Å². The molecule has 3 aromatic rings. The second kappa shape index (κ2) is 31.3. The molecule has 1 aliphatic heterocycles. The van der Waals surface area contributed by atoms with Crippen molar-refractivity contribution >= 4 is 46.1 Å². The first-order valence-corrected chi connectivity index (χ1v) is 27.7. The Balaban J connectivity index is 1.31. The minimum absolute atomic E-state index is 0.117. The number of hydrogen-bond acceptors (Lipinski definition) is 13. The topological polar surface area (TPSA) is 128 Å². The zero-order valence-electron chi connectivity index (χ0n) is 44.2. The molecular formula is C58H86N4O7S2. The van der Waals surface area contributed by atoms with Gasteiger partial charge in [0.2, 0.25) is 0 Å². The molecule has 3 atom stereocenters. The quantitative estimate of drug-likeness (QED) is 0.0248. The van der Waals surface area contributed by atoms with E-state index in [9.17, 15) is 14.4 Å². The van der Waals surface area contributed by atoms with E-state index in [0.29, 0.717) is 65.0 Å². The van der Waals surface area contributed by atoms with E-state index >= 15 is 0 Å². The van der Waals surface area contributed by atoms with E-state index in [1.807, 2.05) is 87.4 Å². The van der Waals surface area contributed by atoms with Crippen LogP contribution in [-0.4, -0.2) is 77.4 Å². The van der Waals surface area contributed by atoms with Gasteiger partial charge in [0.05, 0.1) is 40.3 Å². The minimum Gasteiger partial charge on any atom is -0.465 e. The van der Waals surface area contributed by atoms with Gasteiger partial charge in [-0.05, 0) is 145 Å². The van der Waals surface area contributed by atoms with E-state index in [4.69, 9.17) is 31.2 Å². The molecule has 0 aliphatic carbocycles. The number of aryl methyl sites for hydroxylation is 1. The summed E-state index contributed by atoms with van der Waals surface area (Å²) in [6.07, 6.45) is 18.6. The second-order valence-corrected chi connectivity index (χ2v) is 22.7. The number of nitrogens with one attached hydrogen (secondary N) is 2. The molecule has 71 heavy (non-hydrogen) atoms. The van der Waals surface area contributed by atoms with Crippen LogP contribution >= 0.6 is 24.0 Å². The average molecular weight is 1020 g/mol. The standard InChI is InChI=1S/C58H86N4O7S2/c1-8-40-67-52(63)56(5,32-18-19-33-57(6,34-21-45-71-51(70)49-24-12-9-13-25-49)53(64)68-42-20-23-48-28-37-59-38-29-48)30-16-11-17-31-58(7,36-35-55(3,4)50-26-14-10-15-27-50)54(65)69-44-43-66-41-22-39-62-46-47(2)60-61-62/h9-10,12-15,24-29,37-38,46,60-61H,8,11,16-23,30-36,39-45H2,1-7H3. The lowest BCUT2D eigenvalue weighted by atomic mass is 9.72. The van der Waals surface area contributed by atoms with Gasteiger partial charge in [0.1, 0.15) is 6.61 Å². The second-order valence-electron chi connectivity index (χ2n) is 20.9. The van der Waals surface area contributed by atoms with Crippen molar-refractivity contribution in [3.8, 4) is 0 Å². The summed E-state index contributed by atoms with van der Waals surface area (Å²) in [6, 6.07) is 24.5. The molecule has 2 heterocycles. The normalized spacial score (nSPS) is 15.1. The van der Waals surface area contributed by atoms with Crippen molar-refractivity contribution in [2.24, 2.45) is 16.2 Å². The zero-order chi connectivity index (χ0) is 51.4. The summed E-state index contributed by atoms with van der Waals surface area (Å²) in [6.45, 7) is 17.3. The number of unbranched alkanes of at least 4 members (excludes halogenated alkanes) is 3. The Morgan fingerprint density at radius 1 is 0.620 bits per heavy atom. The number of nitrogens with zero attached hydrogens (tertiary/aromatic N) is 2. The van der Waals surface area contributed by atoms with E-state index < -0.39 is 16.2 Å². The van der Waals surface area contributed by atoms with Crippen molar-refractivity contribution in [1.29, 1.82) is 0 Å². The number of rotatable bonds is 36. The summed E-state index contributed by atoms with van der Waals surface area (Å²) in [5.41, 5.74) is 8.56. The molecular weight excluding hydrogens is 929 g/mol. The van der Waals surface area contributed by atoms with Crippen LogP contribution in [0.1, 0.15) is 168 Å². The molecule has 0 bridgehead atoms. The van der Waals surface area contributed by atoms with Gasteiger partial charge in [-0.2, -0.15) is 0 Å². The Labute approximate surface area is 436 Å². The highest BCUT2D eigenvalue weighted by atomic mass is 32.2. The lowest BCUT2D eigenvalue weighted by Crippen LogP contribution is -2.37. The lowest BCUT2D eigenvalue weighted by molar-refractivity contribution is -0.158. The largest absolute Gasteiger partial charge is 0.465 e. The van der Waals surface area contributed by atoms with Crippen LogP contribution in [0.15, 0.2) is 97.1 Å². The van der Waals surface area contributed by atoms with Gasteiger partial charge < -0.3 is 24.4 Å². The van der Waals surface area contributed by atoms with Crippen LogP contribution in [0.25, 0.3) is 0 Å². The Morgan fingerprint density at radius 3 is 1.76 bits per heavy atom. The molecule has 392 valence electrons. The van der Waals surface area contributed by atoms with Crippen LogP contribution in [0.3, 0.4) is 0 Å². The van der Waals surface area contributed by atoms with E-state index in [1.165, 1.54) is 11.1 Å². The smallest absolute Gasteiger partial charge is 0.311 e. The third-order valence-corrected chi connectivity index (χ3v) is 15.6. The molecule has 11 nitrogen and oxygen atoms in total. The molecule has 1 aliphatic rings. The van der Waals surface area contributed by atoms with Crippen molar-refractivity contribution in [2.45, 2.75) is 163 Å². The Bertz CT molecular complexity index is 2060. The first-order valence-electron chi connectivity index (χ1n) is 26.3. The molecule has 2 aromatic carbocycles. The lowest BCUT2D eigenvalue weighted by Gasteiger charge is -2.33. The SMILES string of the molecule is CCCOC(=O)C(C)(CCCCCC(C)(CCC(C)(C)c1ccccc1)C(=O)OCCOCCCN1C=C(C)NN1)CCCCC(C)(CCCSC(=S)c1ccccc1)C(=O)OCCCc1ccncc1. The number of thioether (sulfide) groups is 1. The molecule has 0 saturated carbocycles. The Kier molecular flexibility index (Phi) is 26.1. The molecule has 2 N–H and O–H groups in total. The molecule has 13 heteroatoms. The summed E-state index contributed by atoms with van der Waals surface area (Å²) in [5.74, 6) is 0.321. The third kappa shape index (κ3) is 21.4. The maximum absolute atomic E-state index is 14.0. The summed E-state index contributed by atoms with van der Waals surface area (Å²) in [7, 11) is 0. The van der Waals surface area contributed by atoms with Gasteiger partial charge in [-0.3, -0.25) is 24.4 Å². The van der Waals surface area contributed by atoms with Crippen molar-refractivity contribution < 1.29 is 33.3 Å². The molecule has 4 rings (SSSR count). The molecule has 0 fully saturated rings. The number of thiocarbonyl (C=S) groups is 1. The van der Waals surface area contributed by atoms with Crippen LogP contribution in [0, 0.1) is 16.2 Å². The van der Waals surface area contributed by atoms with E-state index in [1.54, 1.807) is 24.2 Å². The minimum atomic E-state index is -0.673. The molecule has 3 unspecified atom stereocenters. The van der Waals surface area contributed by atoms with Gasteiger partial charge in [0.25, 0.3) is 0 Å². The first-order chi connectivity index (χ1) is 34.1. The van der Waals surface area contributed by atoms with Crippen LogP contribution in [0.5, 0.6) is 0 Å². The zero-order valence-corrected chi connectivity index (χ0v) is 45.8. The number of aromatic nitrogens is 1. The van der Waals surface area contributed by atoms with Gasteiger partial charge in [0, 0.05) is 37.4 Å². The van der Waals surface area contributed by atoms with Crippen LogP contribution < -0.4 is 11.0 Å². The number of ether oxygens (including phenoxy) is 4. The number of carbonyl (C=O) groups is 3. The number of hydrazine groups is 2. The van der Waals surface area contributed by atoms with Crippen LogP contribution in [0.4, 0.5) is 0 Å². The van der Waals surface area contributed by atoms with Gasteiger partial charge >= 0.3 is 17.9 Å². The van der Waals surface area contributed by atoms with Gasteiger partial charge in [-0.25, -0.2) is 0 Å². The average Bonchev–Trinajstić information content (AvgIpc) is 3.80. The molecule has 0 spiro atoms. The molecule has 1 aromatic heterocycles. The maximum Gasteiger partial charge on any atom is 0.311 e. The maximum atomic E-state index is 14.0. The number of allylic oxidation sites excluding steroid dienone is 1. The number of benzene rings is 2. The van der Waals surface area contributed by atoms with Gasteiger partial charge in [0.15, 0.2) is 0 Å². The Morgan fingerprint density at radius 2 is 1.17 bits per heavy atom. The molecule has 0 radical (unpaired) electrons. The number of esters is 3. The Hall–Kier alpha value is -4.30. The van der Waals surface area contributed by atoms with Crippen LogP contribution in [-0.2, 0) is 45.2 Å². The summed E-state index contributed by atoms with van der Waals surface area (Å²) in [4.78, 5) is 45.7. The predicted octanol–water partition coefficient (Wildman–Crippen LogP) is 12.8. The highest BCUT2D eigenvalue weighted by molar-refractivity contribution is 8.23. The van der Waals surface area contributed by atoms with Crippen molar-refractivity contribution in [3.63, 3.8) is 0 Å². The highest BCUT2D eigenvalue weighted by Gasteiger charge is 2.39.